The lowest BCUT2D eigenvalue weighted by molar-refractivity contribution is 0.522. The van der Waals surface area contributed by atoms with Crippen LogP contribution in [-0.4, -0.2) is 9.55 Å². The molecule has 5 rings (SSSR count). The van der Waals surface area contributed by atoms with Gasteiger partial charge in [0.15, 0.2) is 0 Å². The summed E-state index contributed by atoms with van der Waals surface area (Å²) in [5.74, 6) is 1.18. The maximum absolute atomic E-state index is 9.57. The first kappa shape index (κ1) is 23.1. The van der Waals surface area contributed by atoms with E-state index < -0.39 is 0 Å². The Morgan fingerprint density at radius 3 is 2.57 bits per heavy atom. The topological polar surface area (TPSA) is 41.6 Å². The average molecular weight is 460 g/mol. The van der Waals surface area contributed by atoms with Crippen LogP contribution in [-0.2, 0) is 19.3 Å². The molecule has 4 aromatic rings. The molecule has 0 amide bonds. The Kier molecular flexibility index (Phi) is 6.55. The molecule has 0 saturated carbocycles. The lowest BCUT2D eigenvalue weighted by Crippen LogP contribution is -2.14. The maximum atomic E-state index is 9.57. The summed E-state index contributed by atoms with van der Waals surface area (Å²) in [7, 11) is 0. The zero-order valence-electron chi connectivity index (χ0n) is 21.0. The van der Waals surface area contributed by atoms with Crippen LogP contribution in [0.3, 0.4) is 0 Å². The van der Waals surface area contributed by atoms with E-state index in [1.165, 1.54) is 44.7 Å². The number of hydrogen-bond acceptors (Lipinski definition) is 2. The van der Waals surface area contributed by atoms with Crippen LogP contribution in [0.2, 0.25) is 0 Å². The maximum Gasteiger partial charge on any atom is 0.110 e. The fraction of sp³-hybridized carbons (Fsp3) is 0.312. The van der Waals surface area contributed by atoms with Crippen molar-refractivity contribution in [3.63, 3.8) is 0 Å². The summed E-state index contributed by atoms with van der Waals surface area (Å²) < 4.78 is 2.51. The zero-order chi connectivity index (χ0) is 24.4. The highest BCUT2D eigenvalue weighted by Gasteiger charge is 2.24. The van der Waals surface area contributed by atoms with Gasteiger partial charge in [0.2, 0.25) is 0 Å². The van der Waals surface area contributed by atoms with E-state index in [4.69, 9.17) is 4.98 Å². The molecule has 3 nitrogen and oxygen atoms in total. The minimum absolute atomic E-state index is 0.243. The molecule has 1 unspecified atom stereocenters. The van der Waals surface area contributed by atoms with Gasteiger partial charge < -0.3 is 4.57 Å². The summed E-state index contributed by atoms with van der Waals surface area (Å²) >= 11 is 0. The van der Waals surface area contributed by atoms with Gasteiger partial charge in [-0.2, -0.15) is 5.26 Å². The highest BCUT2D eigenvalue weighted by molar-refractivity contribution is 5.85. The first-order valence-electron chi connectivity index (χ1n) is 12.9. The van der Waals surface area contributed by atoms with Gasteiger partial charge in [0.25, 0.3) is 0 Å². The summed E-state index contributed by atoms with van der Waals surface area (Å²) in [6.07, 6.45) is 7.91. The average Bonchev–Trinajstić information content (AvgIpc) is 3.16. The Bertz CT molecular complexity index is 1450. The molecule has 1 aliphatic rings. The SMILES string of the molecule is CCCc1nc2c(C)cccc2n1C(CCC)c1ccc2c(c1)CCc1ccccc1C2=CC#N. The number of nitriles is 1. The molecular weight excluding hydrogens is 426 g/mol. The standard InChI is InChI=1S/C32H33N3/c1-4-9-29(35-30-14-8-11-22(3)32(30)34-31(35)10-5-2)25-17-18-27-24(21-25)16-15-23-12-6-7-13-26(23)28(27)19-20-33/h6-8,11-14,17-19,21,29H,4-5,9-10,15-16H2,1-3H3. The molecule has 1 atom stereocenters. The molecule has 1 aromatic heterocycles. The van der Waals surface area contributed by atoms with Gasteiger partial charge in [-0.05, 0) is 77.6 Å². The van der Waals surface area contributed by atoms with E-state index in [-0.39, 0.29) is 6.04 Å². The molecular formula is C32H33N3. The lowest BCUT2D eigenvalue weighted by Gasteiger charge is -2.24. The Hall–Kier alpha value is -3.64. The number of aromatic nitrogens is 2. The number of para-hydroxylation sites is 1. The number of imidazole rings is 1. The molecule has 3 aromatic carbocycles. The van der Waals surface area contributed by atoms with Gasteiger partial charge in [-0.15, -0.1) is 0 Å². The van der Waals surface area contributed by atoms with E-state index in [2.05, 4.69) is 92.1 Å². The summed E-state index contributed by atoms with van der Waals surface area (Å²) in [6.45, 7) is 6.66. The number of hydrogen-bond donors (Lipinski definition) is 0. The second-order valence-electron chi connectivity index (χ2n) is 9.66. The highest BCUT2D eigenvalue weighted by Crippen LogP contribution is 2.37. The van der Waals surface area contributed by atoms with E-state index in [1.54, 1.807) is 6.08 Å². The van der Waals surface area contributed by atoms with E-state index in [9.17, 15) is 5.26 Å². The van der Waals surface area contributed by atoms with Crippen LogP contribution in [0.15, 0.2) is 66.7 Å². The van der Waals surface area contributed by atoms with Gasteiger partial charge in [0.05, 0.1) is 23.1 Å². The molecule has 0 N–H and O–H groups in total. The van der Waals surface area contributed by atoms with Crippen molar-refractivity contribution >= 4 is 16.6 Å². The van der Waals surface area contributed by atoms with Crippen molar-refractivity contribution in [2.24, 2.45) is 0 Å². The Balaban J connectivity index is 1.67. The molecule has 176 valence electrons. The first-order valence-corrected chi connectivity index (χ1v) is 12.9. The highest BCUT2D eigenvalue weighted by atomic mass is 15.1. The quantitative estimate of drug-likeness (QED) is 0.277. The molecule has 1 aliphatic carbocycles. The van der Waals surface area contributed by atoms with Crippen molar-refractivity contribution in [3.8, 4) is 6.07 Å². The van der Waals surface area contributed by atoms with Crippen LogP contribution in [0.1, 0.15) is 78.4 Å². The van der Waals surface area contributed by atoms with Crippen LogP contribution >= 0.6 is 0 Å². The molecule has 3 heteroatoms. The predicted molar refractivity (Wildman–Crippen MR) is 144 cm³/mol. The monoisotopic (exact) mass is 459 g/mol. The van der Waals surface area contributed by atoms with E-state index in [0.29, 0.717) is 0 Å². The minimum Gasteiger partial charge on any atom is -0.320 e. The number of rotatable bonds is 6. The lowest BCUT2D eigenvalue weighted by atomic mass is 9.90. The van der Waals surface area contributed by atoms with Gasteiger partial charge in [-0.3, -0.25) is 0 Å². The van der Waals surface area contributed by atoms with Crippen molar-refractivity contribution in [2.45, 2.75) is 65.3 Å². The molecule has 0 radical (unpaired) electrons. The summed E-state index contributed by atoms with van der Waals surface area (Å²) in [4.78, 5) is 5.11. The van der Waals surface area contributed by atoms with Gasteiger partial charge in [0.1, 0.15) is 5.82 Å². The molecule has 0 aliphatic heterocycles. The van der Waals surface area contributed by atoms with Gasteiger partial charge in [-0.25, -0.2) is 4.98 Å². The molecule has 0 spiro atoms. The largest absolute Gasteiger partial charge is 0.320 e. The Morgan fingerprint density at radius 2 is 1.77 bits per heavy atom. The first-order chi connectivity index (χ1) is 17.2. The van der Waals surface area contributed by atoms with Crippen molar-refractivity contribution in [1.82, 2.24) is 9.55 Å². The summed E-state index contributed by atoms with van der Waals surface area (Å²) in [5.41, 5.74) is 11.0. The second kappa shape index (κ2) is 9.92. The number of fused-ring (bicyclic) bond motifs is 3. The predicted octanol–water partition coefficient (Wildman–Crippen LogP) is 7.74. The Morgan fingerprint density at radius 1 is 0.971 bits per heavy atom. The number of nitrogens with zero attached hydrogens (tertiary/aromatic N) is 3. The third kappa shape index (κ3) is 4.19. The van der Waals surface area contributed by atoms with E-state index in [1.807, 2.05) is 0 Å². The van der Waals surface area contributed by atoms with Crippen LogP contribution in [0, 0.1) is 18.3 Å². The van der Waals surface area contributed by atoms with Crippen molar-refractivity contribution in [2.75, 3.05) is 0 Å². The fourth-order valence-corrected chi connectivity index (χ4v) is 5.70. The van der Waals surface area contributed by atoms with Gasteiger partial charge >= 0.3 is 0 Å². The second-order valence-corrected chi connectivity index (χ2v) is 9.66. The fourth-order valence-electron chi connectivity index (χ4n) is 5.70. The van der Waals surface area contributed by atoms with E-state index in [0.717, 1.165) is 49.6 Å². The zero-order valence-corrected chi connectivity index (χ0v) is 21.0. The third-order valence-corrected chi connectivity index (χ3v) is 7.33. The van der Waals surface area contributed by atoms with Crippen molar-refractivity contribution < 1.29 is 0 Å². The molecule has 0 saturated heterocycles. The molecule has 1 heterocycles. The summed E-state index contributed by atoms with van der Waals surface area (Å²) in [6, 6.07) is 24.6. The number of aryl methyl sites for hydroxylation is 4. The van der Waals surface area contributed by atoms with Crippen molar-refractivity contribution in [3.05, 3.63) is 106 Å². The number of benzene rings is 3. The summed E-state index contributed by atoms with van der Waals surface area (Å²) in [5, 5.41) is 9.57. The van der Waals surface area contributed by atoms with Crippen LogP contribution < -0.4 is 0 Å². The van der Waals surface area contributed by atoms with Gasteiger partial charge in [0, 0.05) is 12.5 Å². The minimum atomic E-state index is 0.243. The van der Waals surface area contributed by atoms with E-state index >= 15 is 0 Å². The molecule has 0 fully saturated rings. The van der Waals surface area contributed by atoms with Crippen LogP contribution in [0.25, 0.3) is 16.6 Å². The van der Waals surface area contributed by atoms with Crippen LogP contribution in [0.5, 0.6) is 0 Å². The van der Waals surface area contributed by atoms with Crippen LogP contribution in [0.4, 0.5) is 0 Å². The number of allylic oxidation sites excluding steroid dienone is 1. The van der Waals surface area contributed by atoms with Gasteiger partial charge in [-0.1, -0.05) is 74.9 Å². The molecule has 0 bridgehead atoms. The Labute approximate surface area is 208 Å². The smallest absolute Gasteiger partial charge is 0.110 e. The third-order valence-electron chi connectivity index (χ3n) is 7.33. The molecule has 35 heavy (non-hydrogen) atoms. The normalized spacial score (nSPS) is 14.9. The van der Waals surface area contributed by atoms with Crippen molar-refractivity contribution in [1.29, 1.82) is 5.26 Å².